The highest BCUT2D eigenvalue weighted by molar-refractivity contribution is 7.18. The van der Waals surface area contributed by atoms with Crippen molar-refractivity contribution < 1.29 is 14.3 Å². The summed E-state index contributed by atoms with van der Waals surface area (Å²) in [6, 6.07) is 13.4. The van der Waals surface area contributed by atoms with E-state index in [1.807, 2.05) is 18.2 Å². The van der Waals surface area contributed by atoms with Gasteiger partial charge in [-0.1, -0.05) is 12.1 Å². The molecule has 2 heterocycles. The Morgan fingerprint density at radius 2 is 2.07 bits per heavy atom. The first-order chi connectivity index (χ1) is 14.5. The first-order valence-electron chi connectivity index (χ1n) is 9.88. The number of thiazole rings is 1. The zero-order valence-electron chi connectivity index (χ0n) is 17.0. The SMILES string of the molecule is COc1ccc(NC(C)=O)cc1NC(=O)CN1CCC[C@H]1c1nc2ccccc2s1. The Morgan fingerprint density at radius 1 is 1.23 bits per heavy atom. The van der Waals surface area contributed by atoms with Crippen LogP contribution in [0, 0.1) is 0 Å². The first kappa shape index (κ1) is 20.3. The van der Waals surface area contributed by atoms with Gasteiger partial charge >= 0.3 is 0 Å². The van der Waals surface area contributed by atoms with Gasteiger partial charge in [0.1, 0.15) is 10.8 Å². The van der Waals surface area contributed by atoms with Crippen LogP contribution in [-0.2, 0) is 9.59 Å². The number of rotatable bonds is 6. The number of amides is 2. The van der Waals surface area contributed by atoms with Crippen LogP contribution in [0.5, 0.6) is 5.75 Å². The zero-order chi connectivity index (χ0) is 21.1. The average Bonchev–Trinajstić information content (AvgIpc) is 3.34. The molecule has 1 aliphatic heterocycles. The summed E-state index contributed by atoms with van der Waals surface area (Å²) in [4.78, 5) is 31.1. The molecule has 8 heteroatoms. The molecule has 1 aromatic heterocycles. The van der Waals surface area contributed by atoms with E-state index in [9.17, 15) is 9.59 Å². The maximum atomic E-state index is 12.8. The molecule has 4 rings (SSSR count). The Bertz CT molecular complexity index is 1050. The fourth-order valence-corrected chi connectivity index (χ4v) is 4.93. The molecule has 2 amide bonds. The van der Waals surface area contributed by atoms with Crippen molar-refractivity contribution in [2.24, 2.45) is 0 Å². The largest absolute Gasteiger partial charge is 0.495 e. The summed E-state index contributed by atoms with van der Waals surface area (Å²) in [6.45, 7) is 2.57. The number of ether oxygens (including phenoxy) is 1. The van der Waals surface area contributed by atoms with E-state index in [0.29, 0.717) is 17.1 Å². The third kappa shape index (κ3) is 4.44. The number of anilines is 2. The molecule has 0 radical (unpaired) electrons. The van der Waals surface area contributed by atoms with Gasteiger partial charge in [0, 0.05) is 12.6 Å². The van der Waals surface area contributed by atoms with Crippen LogP contribution in [0.25, 0.3) is 10.2 Å². The first-order valence-corrected chi connectivity index (χ1v) is 10.7. The standard InChI is InChI=1S/C22H24N4O3S/c1-14(27)23-15-9-10-19(29-2)17(12-15)24-21(28)13-26-11-5-7-18(26)22-25-16-6-3-4-8-20(16)30-22/h3-4,6,8-10,12,18H,5,7,11,13H2,1-2H3,(H,23,27)(H,24,28)/t18-/m0/s1. The molecule has 0 bridgehead atoms. The predicted octanol–water partition coefficient (Wildman–Crippen LogP) is 4.04. The van der Waals surface area contributed by atoms with Crippen LogP contribution in [-0.4, -0.2) is 41.9 Å². The second-order valence-corrected chi connectivity index (χ2v) is 8.35. The molecule has 0 unspecified atom stereocenters. The van der Waals surface area contributed by atoms with E-state index < -0.39 is 0 Å². The van der Waals surface area contributed by atoms with Crippen molar-refractivity contribution in [1.29, 1.82) is 0 Å². The monoisotopic (exact) mass is 424 g/mol. The number of para-hydroxylation sites is 1. The van der Waals surface area contributed by atoms with Gasteiger partial charge in [0.15, 0.2) is 0 Å². The summed E-state index contributed by atoms with van der Waals surface area (Å²) in [7, 11) is 1.55. The van der Waals surface area contributed by atoms with Crippen LogP contribution in [0.3, 0.4) is 0 Å². The van der Waals surface area contributed by atoms with Crippen molar-refractivity contribution in [3.63, 3.8) is 0 Å². The van der Waals surface area contributed by atoms with Crippen molar-refractivity contribution >= 4 is 44.7 Å². The molecular formula is C22H24N4O3S. The molecule has 30 heavy (non-hydrogen) atoms. The molecule has 0 aliphatic carbocycles. The molecule has 156 valence electrons. The Morgan fingerprint density at radius 3 is 2.83 bits per heavy atom. The summed E-state index contributed by atoms with van der Waals surface area (Å²) in [5.41, 5.74) is 2.14. The fourth-order valence-electron chi connectivity index (χ4n) is 3.79. The molecule has 1 aliphatic rings. The lowest BCUT2D eigenvalue weighted by molar-refractivity contribution is -0.117. The topological polar surface area (TPSA) is 83.6 Å². The number of methoxy groups -OCH3 is 1. The second kappa shape index (κ2) is 8.81. The van der Waals surface area contributed by atoms with Crippen LogP contribution in [0.2, 0.25) is 0 Å². The molecule has 0 spiro atoms. The molecule has 1 fully saturated rings. The van der Waals surface area contributed by atoms with Gasteiger partial charge in [-0.25, -0.2) is 4.98 Å². The number of fused-ring (bicyclic) bond motifs is 1. The van der Waals surface area contributed by atoms with E-state index in [1.165, 1.54) is 11.6 Å². The Hall–Kier alpha value is -2.97. The number of hydrogen-bond acceptors (Lipinski definition) is 6. The minimum Gasteiger partial charge on any atom is -0.495 e. The molecule has 3 aromatic rings. The summed E-state index contributed by atoms with van der Waals surface area (Å²) in [5, 5.41) is 6.71. The van der Waals surface area contributed by atoms with E-state index in [1.54, 1.807) is 36.6 Å². The van der Waals surface area contributed by atoms with Gasteiger partial charge in [0.05, 0.1) is 35.6 Å². The quantitative estimate of drug-likeness (QED) is 0.624. The average molecular weight is 425 g/mol. The Balaban J connectivity index is 1.47. The summed E-state index contributed by atoms with van der Waals surface area (Å²) >= 11 is 1.70. The van der Waals surface area contributed by atoms with Gasteiger partial charge in [-0.05, 0) is 49.7 Å². The van der Waals surface area contributed by atoms with Crippen LogP contribution in [0.15, 0.2) is 42.5 Å². The predicted molar refractivity (Wildman–Crippen MR) is 119 cm³/mol. The molecule has 0 saturated carbocycles. The number of benzene rings is 2. The third-order valence-corrected chi connectivity index (χ3v) is 6.24. The van der Waals surface area contributed by atoms with Gasteiger partial charge in [0.2, 0.25) is 11.8 Å². The van der Waals surface area contributed by atoms with Gasteiger partial charge < -0.3 is 15.4 Å². The molecule has 1 saturated heterocycles. The number of likely N-dealkylation sites (tertiary alicyclic amines) is 1. The van der Waals surface area contributed by atoms with E-state index in [2.05, 4.69) is 21.6 Å². The van der Waals surface area contributed by atoms with Crippen molar-refractivity contribution in [2.75, 3.05) is 30.8 Å². The number of nitrogens with one attached hydrogen (secondary N) is 2. The summed E-state index contributed by atoms with van der Waals surface area (Å²) < 4.78 is 6.52. The number of nitrogens with zero attached hydrogens (tertiary/aromatic N) is 2. The Labute approximate surface area is 179 Å². The number of carbonyl (C=O) groups is 2. The van der Waals surface area contributed by atoms with Gasteiger partial charge in [-0.2, -0.15) is 0 Å². The third-order valence-electron chi connectivity index (χ3n) is 5.10. The summed E-state index contributed by atoms with van der Waals surface area (Å²) in [5.74, 6) is 0.246. The smallest absolute Gasteiger partial charge is 0.238 e. The van der Waals surface area contributed by atoms with Gasteiger partial charge in [0.25, 0.3) is 0 Å². The molecular weight excluding hydrogens is 400 g/mol. The molecule has 2 aromatic carbocycles. The highest BCUT2D eigenvalue weighted by atomic mass is 32.1. The maximum absolute atomic E-state index is 12.8. The normalized spacial score (nSPS) is 16.5. The lowest BCUT2D eigenvalue weighted by Crippen LogP contribution is -2.33. The van der Waals surface area contributed by atoms with E-state index in [0.717, 1.165) is 29.9 Å². The second-order valence-electron chi connectivity index (χ2n) is 7.29. The lowest BCUT2D eigenvalue weighted by atomic mass is 10.2. The van der Waals surface area contributed by atoms with E-state index in [4.69, 9.17) is 9.72 Å². The zero-order valence-corrected chi connectivity index (χ0v) is 17.8. The fraction of sp³-hybridized carbons (Fsp3) is 0.318. The molecule has 2 N–H and O–H groups in total. The number of hydrogen-bond donors (Lipinski definition) is 2. The molecule has 7 nitrogen and oxygen atoms in total. The van der Waals surface area contributed by atoms with Crippen LogP contribution >= 0.6 is 11.3 Å². The number of carbonyl (C=O) groups excluding carboxylic acids is 2. The minimum atomic E-state index is -0.173. The highest BCUT2D eigenvalue weighted by Gasteiger charge is 2.30. The van der Waals surface area contributed by atoms with Gasteiger partial charge in [-0.3, -0.25) is 14.5 Å². The highest BCUT2D eigenvalue weighted by Crippen LogP contribution is 2.36. The lowest BCUT2D eigenvalue weighted by Gasteiger charge is -2.22. The summed E-state index contributed by atoms with van der Waals surface area (Å²) in [6.07, 6.45) is 2.03. The van der Waals surface area contributed by atoms with E-state index >= 15 is 0 Å². The van der Waals surface area contributed by atoms with Crippen molar-refractivity contribution in [1.82, 2.24) is 9.88 Å². The van der Waals surface area contributed by atoms with Crippen LogP contribution in [0.1, 0.15) is 30.8 Å². The minimum absolute atomic E-state index is 0.124. The van der Waals surface area contributed by atoms with Crippen LogP contribution < -0.4 is 15.4 Å². The van der Waals surface area contributed by atoms with E-state index in [-0.39, 0.29) is 24.4 Å². The van der Waals surface area contributed by atoms with Gasteiger partial charge in [-0.15, -0.1) is 11.3 Å². The Kier molecular flexibility index (Phi) is 5.96. The van der Waals surface area contributed by atoms with Crippen molar-refractivity contribution in [2.45, 2.75) is 25.8 Å². The van der Waals surface area contributed by atoms with Crippen LogP contribution in [0.4, 0.5) is 11.4 Å². The van der Waals surface area contributed by atoms with Crippen molar-refractivity contribution in [3.8, 4) is 5.75 Å². The number of aromatic nitrogens is 1. The molecule has 1 atom stereocenters. The van der Waals surface area contributed by atoms with Crippen molar-refractivity contribution in [3.05, 3.63) is 47.5 Å². The maximum Gasteiger partial charge on any atom is 0.238 e.